The zero-order chi connectivity index (χ0) is 18.1. The molecular weight excluding hydrogens is 328 g/mol. The Bertz CT molecular complexity index is 639. The van der Waals surface area contributed by atoms with Gasteiger partial charge < -0.3 is 10.6 Å². The van der Waals surface area contributed by atoms with Crippen LogP contribution in [0.25, 0.3) is 0 Å². The van der Waals surface area contributed by atoms with Crippen LogP contribution in [-0.4, -0.2) is 49.4 Å². The van der Waals surface area contributed by atoms with Gasteiger partial charge in [0.2, 0.25) is 11.8 Å². The molecule has 140 valence electrons. The van der Waals surface area contributed by atoms with Crippen molar-refractivity contribution in [2.45, 2.75) is 25.7 Å². The minimum Gasteiger partial charge on any atom is -0.356 e. The number of amides is 2. The fraction of sp³-hybridized carbons (Fsp3) is 0.650. The number of nitrogens with zero attached hydrogens (tertiary/aromatic N) is 2. The van der Waals surface area contributed by atoms with E-state index in [1.54, 1.807) is 7.05 Å². The molecule has 5 atom stereocenters. The van der Waals surface area contributed by atoms with Crippen LogP contribution in [-0.2, 0) is 9.59 Å². The lowest BCUT2D eigenvalue weighted by Gasteiger charge is -2.21. The topological polar surface area (TPSA) is 73.8 Å². The van der Waals surface area contributed by atoms with Crippen molar-refractivity contribution in [1.82, 2.24) is 15.5 Å². The number of allylic oxidation sites excluding steroid dienone is 4. The first-order chi connectivity index (χ1) is 12.7. The molecule has 1 saturated heterocycles. The molecule has 6 nitrogen and oxygen atoms in total. The summed E-state index contributed by atoms with van der Waals surface area (Å²) in [6, 6.07) is 0. The highest BCUT2D eigenvalue weighted by atomic mass is 16.2. The van der Waals surface area contributed by atoms with E-state index in [4.69, 9.17) is 0 Å². The van der Waals surface area contributed by atoms with E-state index in [1.807, 2.05) is 0 Å². The first-order valence-corrected chi connectivity index (χ1v) is 9.82. The molecule has 2 bridgehead atoms. The van der Waals surface area contributed by atoms with Gasteiger partial charge in [0.1, 0.15) is 0 Å². The summed E-state index contributed by atoms with van der Waals surface area (Å²) in [7, 11) is 1.75. The first-order valence-electron chi connectivity index (χ1n) is 9.82. The number of hydrogen-bond acceptors (Lipinski definition) is 3. The first kappa shape index (κ1) is 17.3. The van der Waals surface area contributed by atoms with Crippen molar-refractivity contribution in [2.24, 2.45) is 34.6 Å². The zero-order valence-electron chi connectivity index (χ0n) is 15.4. The second-order valence-corrected chi connectivity index (χ2v) is 7.86. The highest BCUT2D eigenvalue weighted by Gasteiger charge is 2.58. The quantitative estimate of drug-likeness (QED) is 0.337. The van der Waals surface area contributed by atoms with E-state index in [2.05, 4.69) is 39.9 Å². The molecule has 0 aromatic heterocycles. The molecule has 1 saturated carbocycles. The van der Waals surface area contributed by atoms with Crippen molar-refractivity contribution in [3.8, 4) is 0 Å². The summed E-state index contributed by atoms with van der Waals surface area (Å²) in [4.78, 5) is 31.0. The molecule has 4 rings (SSSR count). The van der Waals surface area contributed by atoms with Gasteiger partial charge in [0.05, 0.1) is 11.8 Å². The molecule has 2 fully saturated rings. The smallest absolute Gasteiger partial charge is 0.233 e. The molecule has 26 heavy (non-hydrogen) atoms. The Kier molecular flexibility index (Phi) is 4.83. The molecule has 4 aliphatic rings. The van der Waals surface area contributed by atoms with E-state index in [0.717, 1.165) is 31.8 Å². The summed E-state index contributed by atoms with van der Waals surface area (Å²) in [5.74, 6) is 1.77. The molecule has 1 heterocycles. The van der Waals surface area contributed by atoms with Gasteiger partial charge in [-0.25, -0.2) is 0 Å². The Morgan fingerprint density at radius 1 is 1.15 bits per heavy atom. The fourth-order valence-corrected chi connectivity index (χ4v) is 4.97. The fourth-order valence-electron chi connectivity index (χ4n) is 4.97. The van der Waals surface area contributed by atoms with Gasteiger partial charge in [0, 0.05) is 26.7 Å². The molecule has 0 spiro atoms. The van der Waals surface area contributed by atoms with Gasteiger partial charge in [-0.15, -0.1) is 0 Å². The third-order valence-electron chi connectivity index (χ3n) is 6.35. The zero-order valence-corrected chi connectivity index (χ0v) is 15.4. The maximum absolute atomic E-state index is 12.7. The van der Waals surface area contributed by atoms with E-state index in [1.165, 1.54) is 11.3 Å². The van der Waals surface area contributed by atoms with Crippen LogP contribution in [0.15, 0.2) is 29.3 Å². The molecule has 2 amide bonds. The SMILES string of the molecule is CN=C(NCCN1C(=O)C2C3C=CC(C3)C2C1=O)NCC1CC=CCC1. The Morgan fingerprint density at radius 3 is 2.50 bits per heavy atom. The number of guanidine groups is 1. The third-order valence-corrected chi connectivity index (χ3v) is 6.35. The summed E-state index contributed by atoms with van der Waals surface area (Å²) < 4.78 is 0. The van der Waals surface area contributed by atoms with Crippen LogP contribution in [0.3, 0.4) is 0 Å². The van der Waals surface area contributed by atoms with E-state index < -0.39 is 0 Å². The lowest BCUT2D eigenvalue weighted by Crippen LogP contribution is -2.44. The summed E-state index contributed by atoms with van der Waals surface area (Å²) in [6.45, 7) is 1.84. The lowest BCUT2D eigenvalue weighted by molar-refractivity contribution is -0.140. The predicted molar refractivity (Wildman–Crippen MR) is 100 cm³/mol. The molecule has 5 unspecified atom stereocenters. The van der Waals surface area contributed by atoms with Crippen molar-refractivity contribution in [2.75, 3.05) is 26.7 Å². The van der Waals surface area contributed by atoms with Crippen LogP contribution < -0.4 is 10.6 Å². The maximum Gasteiger partial charge on any atom is 0.233 e. The van der Waals surface area contributed by atoms with Crippen molar-refractivity contribution in [3.63, 3.8) is 0 Å². The molecular formula is C20H28N4O2. The molecule has 0 aromatic carbocycles. The molecule has 2 N–H and O–H groups in total. The molecule has 3 aliphatic carbocycles. The van der Waals surface area contributed by atoms with Gasteiger partial charge in [0.25, 0.3) is 0 Å². The number of rotatable bonds is 5. The minimum atomic E-state index is -0.103. The van der Waals surface area contributed by atoms with Crippen molar-refractivity contribution < 1.29 is 9.59 Å². The van der Waals surface area contributed by atoms with E-state index in [9.17, 15) is 9.59 Å². The van der Waals surface area contributed by atoms with E-state index in [0.29, 0.717) is 19.0 Å². The number of carbonyl (C=O) groups is 2. The summed E-state index contributed by atoms with van der Waals surface area (Å²) in [5, 5.41) is 6.60. The lowest BCUT2D eigenvalue weighted by atomic mass is 9.85. The van der Waals surface area contributed by atoms with Crippen LogP contribution in [0.5, 0.6) is 0 Å². The van der Waals surface area contributed by atoms with Gasteiger partial charge in [-0.3, -0.25) is 19.5 Å². The molecule has 1 aliphatic heterocycles. The maximum atomic E-state index is 12.7. The normalized spacial score (nSPS) is 35.3. The number of imide groups is 1. The van der Waals surface area contributed by atoms with Gasteiger partial charge >= 0.3 is 0 Å². The summed E-state index contributed by atoms with van der Waals surface area (Å²) >= 11 is 0. The highest BCUT2D eigenvalue weighted by Crippen LogP contribution is 2.52. The van der Waals surface area contributed by atoms with Gasteiger partial charge in [-0.05, 0) is 43.4 Å². The molecule has 0 aromatic rings. The standard InChI is InChI=1S/C20H28N4O2/c1-21-20(23-12-13-5-3-2-4-6-13)22-9-10-24-18(25)16-14-7-8-15(11-14)17(16)19(24)26/h2-3,7-8,13-17H,4-6,9-12H2,1H3,(H2,21,22,23). The van der Waals surface area contributed by atoms with E-state index >= 15 is 0 Å². The number of carbonyl (C=O) groups excluding carboxylic acids is 2. The van der Waals surface area contributed by atoms with Crippen LogP contribution in [0.2, 0.25) is 0 Å². The summed E-state index contributed by atoms with van der Waals surface area (Å²) in [6.07, 6.45) is 13.2. The Morgan fingerprint density at radius 2 is 1.88 bits per heavy atom. The minimum absolute atomic E-state index is 0.0237. The van der Waals surface area contributed by atoms with Crippen molar-refractivity contribution >= 4 is 17.8 Å². The monoisotopic (exact) mass is 356 g/mol. The average Bonchev–Trinajstić information content (AvgIpc) is 3.34. The summed E-state index contributed by atoms with van der Waals surface area (Å²) in [5.41, 5.74) is 0. The van der Waals surface area contributed by atoms with Gasteiger partial charge in [0.15, 0.2) is 5.96 Å². The Balaban J connectivity index is 1.24. The number of likely N-dealkylation sites (tertiary alicyclic amines) is 1. The van der Waals surface area contributed by atoms with Crippen LogP contribution in [0.4, 0.5) is 0 Å². The second kappa shape index (κ2) is 7.25. The highest BCUT2D eigenvalue weighted by molar-refractivity contribution is 6.06. The van der Waals surface area contributed by atoms with Crippen LogP contribution >= 0.6 is 0 Å². The Labute approximate surface area is 154 Å². The average molecular weight is 356 g/mol. The van der Waals surface area contributed by atoms with Crippen LogP contribution in [0, 0.1) is 29.6 Å². The number of hydrogen-bond donors (Lipinski definition) is 2. The van der Waals surface area contributed by atoms with Gasteiger partial charge in [-0.1, -0.05) is 24.3 Å². The second-order valence-electron chi connectivity index (χ2n) is 7.86. The van der Waals surface area contributed by atoms with Gasteiger partial charge in [-0.2, -0.15) is 0 Å². The van der Waals surface area contributed by atoms with E-state index in [-0.39, 0.29) is 35.5 Å². The largest absolute Gasteiger partial charge is 0.356 e. The molecule has 0 radical (unpaired) electrons. The number of fused-ring (bicyclic) bond motifs is 5. The Hall–Kier alpha value is -2.11. The molecule has 6 heteroatoms. The third kappa shape index (κ3) is 3.06. The predicted octanol–water partition coefficient (Wildman–Crippen LogP) is 1.31. The van der Waals surface area contributed by atoms with Crippen LogP contribution in [0.1, 0.15) is 25.7 Å². The number of nitrogens with one attached hydrogen (secondary N) is 2. The van der Waals surface area contributed by atoms with Crippen molar-refractivity contribution in [3.05, 3.63) is 24.3 Å². The van der Waals surface area contributed by atoms with Crippen molar-refractivity contribution in [1.29, 1.82) is 0 Å². The number of aliphatic imine (C=N–C) groups is 1.